The number of aromatic nitrogens is 2. The fraction of sp³-hybridized carbons (Fsp3) is 0. The quantitative estimate of drug-likeness (QED) is 0.863. The summed E-state index contributed by atoms with van der Waals surface area (Å²) in [6.45, 7) is 0. The van der Waals surface area contributed by atoms with Crippen LogP contribution in [0.5, 0.6) is 0 Å². The van der Waals surface area contributed by atoms with Crippen LogP contribution in [-0.2, 0) is 0 Å². The molecule has 0 aliphatic carbocycles. The van der Waals surface area contributed by atoms with Gasteiger partial charge >= 0.3 is 0 Å². The van der Waals surface area contributed by atoms with Crippen LogP contribution < -0.4 is 5.32 Å². The van der Waals surface area contributed by atoms with Crippen LogP contribution in [0.2, 0.25) is 10.2 Å². The second-order valence-corrected chi connectivity index (χ2v) is 4.10. The maximum atomic E-state index is 13.0. The molecule has 0 radical (unpaired) electrons. The summed E-state index contributed by atoms with van der Waals surface area (Å²) in [5, 5.41) is 2.82. The van der Waals surface area contributed by atoms with E-state index < -0.39 is 11.7 Å². The van der Waals surface area contributed by atoms with Crippen LogP contribution in [0.15, 0.2) is 30.6 Å². The van der Waals surface area contributed by atoms with Crippen LogP contribution in [0.1, 0.15) is 10.4 Å². The van der Waals surface area contributed by atoms with Crippen LogP contribution in [0.25, 0.3) is 0 Å². The number of hydrogen-bond acceptors (Lipinski definition) is 3. The van der Waals surface area contributed by atoms with Gasteiger partial charge in [-0.2, -0.15) is 0 Å². The third kappa shape index (κ3) is 2.94. The Morgan fingerprint density at radius 2 is 2.00 bits per heavy atom. The van der Waals surface area contributed by atoms with E-state index in [0.29, 0.717) is 5.02 Å². The number of carbonyl (C=O) groups excluding carboxylic acids is 1. The van der Waals surface area contributed by atoms with Crippen LogP contribution in [-0.4, -0.2) is 15.9 Å². The monoisotopic (exact) mass is 285 g/mol. The Hall–Kier alpha value is -1.72. The molecule has 0 saturated heterocycles. The Morgan fingerprint density at radius 1 is 1.22 bits per heavy atom. The van der Waals surface area contributed by atoms with E-state index in [2.05, 4.69) is 15.3 Å². The number of nitrogens with one attached hydrogen (secondary N) is 1. The van der Waals surface area contributed by atoms with Crippen LogP contribution in [0.3, 0.4) is 0 Å². The topological polar surface area (TPSA) is 54.9 Å². The number of pyridine rings is 2. The Kier molecular flexibility index (Phi) is 3.74. The van der Waals surface area contributed by atoms with E-state index in [1.165, 1.54) is 12.3 Å². The van der Waals surface area contributed by atoms with E-state index in [1.54, 1.807) is 6.07 Å². The second kappa shape index (κ2) is 5.29. The summed E-state index contributed by atoms with van der Waals surface area (Å²) in [4.78, 5) is 19.2. The average molecular weight is 286 g/mol. The van der Waals surface area contributed by atoms with Gasteiger partial charge in [-0.15, -0.1) is 0 Å². The van der Waals surface area contributed by atoms with Gasteiger partial charge in [0.15, 0.2) is 0 Å². The number of carbonyl (C=O) groups is 1. The zero-order valence-electron chi connectivity index (χ0n) is 8.82. The molecular formula is C11H6Cl2FN3O. The molecule has 0 aliphatic rings. The highest BCUT2D eigenvalue weighted by Gasteiger charge is 2.13. The molecular weight excluding hydrogens is 280 g/mol. The Labute approximate surface area is 112 Å². The third-order valence-corrected chi connectivity index (χ3v) is 2.54. The molecule has 0 saturated carbocycles. The van der Waals surface area contributed by atoms with Crippen molar-refractivity contribution in [2.45, 2.75) is 0 Å². The van der Waals surface area contributed by atoms with E-state index in [4.69, 9.17) is 23.2 Å². The number of amides is 1. The number of anilines is 1. The second-order valence-electron chi connectivity index (χ2n) is 3.31. The molecule has 1 amide bonds. The standard InChI is InChI=1S/C11H6Cl2FN3O/c12-6-1-2-9(15-4-6)17-11(18)8-3-7(14)5-16-10(8)13/h1-5H,(H,15,17,18). The van der Waals surface area contributed by atoms with E-state index in [1.807, 2.05) is 0 Å². The van der Waals surface area contributed by atoms with Crippen LogP contribution >= 0.6 is 23.2 Å². The Balaban J connectivity index is 2.21. The summed E-state index contributed by atoms with van der Waals surface area (Å²) in [6.07, 6.45) is 2.31. The van der Waals surface area contributed by atoms with Crippen molar-refractivity contribution in [3.05, 3.63) is 52.1 Å². The lowest BCUT2D eigenvalue weighted by Crippen LogP contribution is -2.14. The zero-order valence-corrected chi connectivity index (χ0v) is 10.3. The van der Waals surface area contributed by atoms with Gasteiger partial charge in [-0.3, -0.25) is 4.79 Å². The van der Waals surface area contributed by atoms with E-state index in [-0.39, 0.29) is 16.5 Å². The SMILES string of the molecule is O=C(Nc1ccc(Cl)cn1)c1cc(F)cnc1Cl. The zero-order chi connectivity index (χ0) is 13.1. The minimum Gasteiger partial charge on any atom is -0.306 e. The van der Waals surface area contributed by atoms with Crippen LogP contribution in [0, 0.1) is 5.82 Å². The summed E-state index contributed by atoms with van der Waals surface area (Å²) < 4.78 is 13.0. The molecule has 7 heteroatoms. The highest BCUT2D eigenvalue weighted by Crippen LogP contribution is 2.16. The largest absolute Gasteiger partial charge is 0.306 e. The molecule has 2 rings (SSSR count). The van der Waals surface area contributed by atoms with Gasteiger partial charge in [-0.1, -0.05) is 23.2 Å². The third-order valence-electron chi connectivity index (χ3n) is 2.02. The predicted molar refractivity (Wildman–Crippen MR) is 66.4 cm³/mol. The van der Waals surface area contributed by atoms with Crippen molar-refractivity contribution in [2.24, 2.45) is 0 Å². The maximum absolute atomic E-state index is 13.0. The summed E-state index contributed by atoms with van der Waals surface area (Å²) in [5.74, 6) is -0.958. The van der Waals surface area contributed by atoms with Crippen molar-refractivity contribution in [2.75, 3.05) is 5.32 Å². The van der Waals surface area contributed by atoms with Gasteiger partial charge in [-0.05, 0) is 18.2 Å². The van der Waals surface area contributed by atoms with Gasteiger partial charge in [0.05, 0.1) is 16.8 Å². The highest BCUT2D eigenvalue weighted by atomic mass is 35.5. The first-order valence-corrected chi connectivity index (χ1v) is 5.56. The highest BCUT2D eigenvalue weighted by molar-refractivity contribution is 6.33. The van der Waals surface area contributed by atoms with Crippen LogP contribution in [0.4, 0.5) is 10.2 Å². The first-order valence-electron chi connectivity index (χ1n) is 4.80. The molecule has 0 aromatic carbocycles. The molecule has 2 heterocycles. The number of hydrogen-bond donors (Lipinski definition) is 1. The molecule has 2 aromatic rings. The lowest BCUT2D eigenvalue weighted by molar-refractivity contribution is 0.102. The van der Waals surface area contributed by atoms with Gasteiger partial charge in [0, 0.05) is 6.20 Å². The molecule has 0 aliphatic heterocycles. The maximum Gasteiger partial charge on any atom is 0.260 e. The molecule has 92 valence electrons. The van der Waals surface area contributed by atoms with Crippen molar-refractivity contribution >= 4 is 34.9 Å². The van der Waals surface area contributed by atoms with Crippen molar-refractivity contribution < 1.29 is 9.18 Å². The van der Waals surface area contributed by atoms with E-state index >= 15 is 0 Å². The predicted octanol–water partition coefficient (Wildman–Crippen LogP) is 3.17. The fourth-order valence-electron chi connectivity index (χ4n) is 1.22. The Bertz CT molecular complexity index is 589. The molecule has 1 N–H and O–H groups in total. The van der Waals surface area contributed by atoms with Gasteiger partial charge in [0.1, 0.15) is 16.8 Å². The normalized spacial score (nSPS) is 10.2. The van der Waals surface area contributed by atoms with Gasteiger partial charge in [-0.25, -0.2) is 14.4 Å². The Morgan fingerprint density at radius 3 is 2.67 bits per heavy atom. The average Bonchev–Trinajstić information content (AvgIpc) is 2.35. The molecule has 2 aromatic heterocycles. The first-order chi connectivity index (χ1) is 8.56. The summed E-state index contributed by atoms with van der Waals surface area (Å²) in [5.41, 5.74) is -0.0617. The van der Waals surface area contributed by atoms with E-state index in [0.717, 1.165) is 12.3 Å². The molecule has 0 fully saturated rings. The van der Waals surface area contributed by atoms with Crippen molar-refractivity contribution in [1.82, 2.24) is 9.97 Å². The van der Waals surface area contributed by atoms with Crippen molar-refractivity contribution in [3.63, 3.8) is 0 Å². The summed E-state index contributed by atoms with van der Waals surface area (Å²) >= 11 is 11.4. The summed E-state index contributed by atoms with van der Waals surface area (Å²) in [6, 6.07) is 4.08. The molecule has 0 unspecified atom stereocenters. The van der Waals surface area contributed by atoms with Crippen molar-refractivity contribution in [3.8, 4) is 0 Å². The smallest absolute Gasteiger partial charge is 0.260 e. The summed E-state index contributed by atoms with van der Waals surface area (Å²) in [7, 11) is 0. The van der Waals surface area contributed by atoms with Gasteiger partial charge in [0.25, 0.3) is 5.91 Å². The number of nitrogens with zero attached hydrogens (tertiary/aromatic N) is 2. The molecule has 18 heavy (non-hydrogen) atoms. The molecule has 0 spiro atoms. The van der Waals surface area contributed by atoms with Crippen molar-refractivity contribution in [1.29, 1.82) is 0 Å². The molecule has 0 bridgehead atoms. The lowest BCUT2D eigenvalue weighted by atomic mass is 10.2. The van der Waals surface area contributed by atoms with E-state index in [9.17, 15) is 9.18 Å². The fourth-order valence-corrected chi connectivity index (χ4v) is 1.52. The minimum absolute atomic E-state index is 0.0617. The molecule has 4 nitrogen and oxygen atoms in total. The minimum atomic E-state index is -0.645. The van der Waals surface area contributed by atoms with Gasteiger partial charge < -0.3 is 5.32 Å². The number of halogens is 3. The lowest BCUT2D eigenvalue weighted by Gasteiger charge is -2.05. The van der Waals surface area contributed by atoms with Gasteiger partial charge in [0.2, 0.25) is 0 Å². The molecule has 0 atom stereocenters. The number of rotatable bonds is 2. The first kappa shape index (κ1) is 12.7.